The third kappa shape index (κ3) is 58.7. The molecule has 0 spiro atoms. The van der Waals surface area contributed by atoms with Gasteiger partial charge in [-0.3, -0.25) is 11.3 Å². The SMILES string of the molecule is CC.CNCCNC.CNN.CO.O=CCCOCCOCCOCCOCCN1CCC(C=O)CC1.O=CCCSCC=O. The number of carbonyl (C=O) groups excluding carboxylic acids is 4. The Bertz CT molecular complexity index is 524. The average Bonchev–Trinajstić information content (AvgIpc) is 3.09. The summed E-state index contributed by atoms with van der Waals surface area (Å²) >= 11 is 1.48. The maximum absolute atomic E-state index is 10.7. The van der Waals surface area contributed by atoms with Crippen molar-refractivity contribution in [2.24, 2.45) is 11.8 Å². The molecular formula is C30H67N5O9S. The highest BCUT2D eigenvalue weighted by molar-refractivity contribution is 7.99. The molecule has 272 valence electrons. The minimum absolute atomic E-state index is 0.251. The van der Waals surface area contributed by atoms with Gasteiger partial charge in [-0.25, -0.2) is 0 Å². The second kappa shape index (κ2) is 58.2. The zero-order valence-corrected chi connectivity index (χ0v) is 29.8. The van der Waals surface area contributed by atoms with E-state index in [1.807, 2.05) is 27.9 Å². The number of likely N-dealkylation sites (N-methyl/N-ethyl adjacent to an activating group) is 2. The fourth-order valence-electron chi connectivity index (χ4n) is 2.91. The van der Waals surface area contributed by atoms with Gasteiger partial charge in [0.15, 0.2) is 0 Å². The number of rotatable bonds is 24. The topological polar surface area (TPSA) is 191 Å². The van der Waals surface area contributed by atoms with Crippen molar-refractivity contribution in [1.29, 1.82) is 0 Å². The molecule has 0 saturated carbocycles. The molecule has 0 aromatic rings. The Morgan fingerprint density at radius 3 is 1.53 bits per heavy atom. The molecule has 1 rings (SSSR count). The smallest absolute Gasteiger partial charge is 0.129 e. The van der Waals surface area contributed by atoms with E-state index in [4.69, 9.17) is 24.1 Å². The van der Waals surface area contributed by atoms with Gasteiger partial charge in [-0.2, -0.15) is 11.8 Å². The van der Waals surface area contributed by atoms with Gasteiger partial charge in [-0.15, -0.1) is 0 Å². The summed E-state index contributed by atoms with van der Waals surface area (Å²) < 4.78 is 21.5. The molecule has 0 aliphatic carbocycles. The molecule has 6 N–H and O–H groups in total. The Morgan fingerprint density at radius 2 is 1.16 bits per heavy atom. The molecule has 1 fully saturated rings. The van der Waals surface area contributed by atoms with Crippen LogP contribution < -0.4 is 21.9 Å². The summed E-state index contributed by atoms with van der Waals surface area (Å²) in [6.45, 7) is 13.4. The van der Waals surface area contributed by atoms with Crippen LogP contribution in [0.15, 0.2) is 0 Å². The van der Waals surface area contributed by atoms with Crippen LogP contribution in [0, 0.1) is 5.92 Å². The zero-order chi connectivity index (χ0) is 35.1. The van der Waals surface area contributed by atoms with E-state index in [0.29, 0.717) is 71.4 Å². The Hall–Kier alpha value is -1.37. The van der Waals surface area contributed by atoms with E-state index in [1.54, 1.807) is 7.05 Å². The van der Waals surface area contributed by atoms with Crippen LogP contribution in [0.1, 0.15) is 39.5 Å². The lowest BCUT2D eigenvalue weighted by Crippen LogP contribution is -2.36. The molecule has 0 radical (unpaired) electrons. The fraction of sp³-hybridized carbons (Fsp3) is 0.867. The Balaban J connectivity index is -0.000000207. The van der Waals surface area contributed by atoms with Crippen molar-refractivity contribution >= 4 is 36.9 Å². The van der Waals surface area contributed by atoms with E-state index in [0.717, 1.165) is 83.6 Å². The molecule has 15 heteroatoms. The minimum atomic E-state index is 0.251. The van der Waals surface area contributed by atoms with Crippen LogP contribution in [0.3, 0.4) is 0 Å². The molecule has 1 heterocycles. The van der Waals surface area contributed by atoms with Crippen molar-refractivity contribution in [3.63, 3.8) is 0 Å². The van der Waals surface area contributed by atoms with Crippen molar-refractivity contribution in [3.05, 3.63) is 0 Å². The number of nitrogens with zero attached hydrogens (tertiary/aromatic N) is 1. The van der Waals surface area contributed by atoms with Crippen LogP contribution in [0.2, 0.25) is 0 Å². The van der Waals surface area contributed by atoms with Gasteiger partial charge in [0.2, 0.25) is 0 Å². The van der Waals surface area contributed by atoms with Crippen molar-refractivity contribution in [1.82, 2.24) is 21.0 Å². The van der Waals surface area contributed by atoms with E-state index in [9.17, 15) is 19.2 Å². The summed E-state index contributed by atoms with van der Waals surface area (Å²) in [5.41, 5.74) is 2.25. The first-order chi connectivity index (χ1) is 22.1. The first-order valence-electron chi connectivity index (χ1n) is 15.6. The molecule has 14 nitrogen and oxygen atoms in total. The van der Waals surface area contributed by atoms with Crippen LogP contribution in [-0.4, -0.2) is 160 Å². The second-order valence-electron chi connectivity index (χ2n) is 8.41. The van der Waals surface area contributed by atoms with Crippen molar-refractivity contribution in [2.45, 2.75) is 39.5 Å². The fourth-order valence-corrected chi connectivity index (χ4v) is 3.44. The summed E-state index contributed by atoms with van der Waals surface area (Å²) in [4.78, 5) is 42.4. The lowest BCUT2D eigenvalue weighted by molar-refractivity contribution is -0.112. The van der Waals surface area contributed by atoms with Crippen LogP contribution in [0.5, 0.6) is 0 Å². The van der Waals surface area contributed by atoms with Gasteiger partial charge < -0.3 is 58.8 Å². The van der Waals surface area contributed by atoms with Crippen LogP contribution in [0.25, 0.3) is 0 Å². The largest absolute Gasteiger partial charge is 0.400 e. The normalized spacial score (nSPS) is 12.1. The van der Waals surface area contributed by atoms with E-state index >= 15 is 0 Å². The van der Waals surface area contributed by atoms with Gasteiger partial charge in [0, 0.05) is 57.0 Å². The number of ether oxygens (including phenoxy) is 4. The zero-order valence-electron chi connectivity index (χ0n) is 29.0. The monoisotopic (exact) mass is 673 g/mol. The second-order valence-corrected chi connectivity index (χ2v) is 9.56. The molecule has 0 amide bonds. The maximum Gasteiger partial charge on any atom is 0.129 e. The Labute approximate surface area is 277 Å². The molecule has 1 saturated heterocycles. The first kappa shape index (κ1) is 53.1. The maximum atomic E-state index is 10.7. The van der Waals surface area contributed by atoms with Gasteiger partial charge in [0.1, 0.15) is 25.1 Å². The number of thioether (sulfide) groups is 1. The van der Waals surface area contributed by atoms with E-state index in [1.165, 1.54) is 11.8 Å². The number of hydrazine groups is 1. The number of hydrogen-bond donors (Lipinski definition) is 5. The lowest BCUT2D eigenvalue weighted by Gasteiger charge is -2.29. The van der Waals surface area contributed by atoms with Gasteiger partial charge in [-0.1, -0.05) is 13.8 Å². The number of nitrogens with two attached hydrogens (primary N) is 1. The molecule has 1 aliphatic heterocycles. The molecule has 0 aromatic carbocycles. The summed E-state index contributed by atoms with van der Waals surface area (Å²) in [5.74, 6) is 6.12. The molecule has 0 bridgehead atoms. The lowest BCUT2D eigenvalue weighted by atomic mass is 9.99. The number of likely N-dealkylation sites (tertiary alicyclic amines) is 1. The summed E-state index contributed by atoms with van der Waals surface area (Å²) in [6.07, 6.45) is 6.54. The number of nitrogens with one attached hydrogen (secondary N) is 3. The minimum Gasteiger partial charge on any atom is -0.400 e. The van der Waals surface area contributed by atoms with Gasteiger partial charge in [0.25, 0.3) is 0 Å². The van der Waals surface area contributed by atoms with E-state index in [-0.39, 0.29) is 5.92 Å². The van der Waals surface area contributed by atoms with E-state index < -0.39 is 0 Å². The van der Waals surface area contributed by atoms with Gasteiger partial charge in [-0.05, 0) is 47.1 Å². The van der Waals surface area contributed by atoms with Gasteiger partial charge >= 0.3 is 0 Å². The quantitative estimate of drug-likeness (QED) is 0.0404. The molecule has 0 atom stereocenters. The number of piperidine rings is 1. The number of hydrogen-bond acceptors (Lipinski definition) is 15. The molecular weight excluding hydrogens is 606 g/mol. The third-order valence-electron chi connectivity index (χ3n) is 5.06. The average molecular weight is 674 g/mol. The molecule has 0 unspecified atom stereocenters. The van der Waals surface area contributed by atoms with Crippen LogP contribution >= 0.6 is 11.8 Å². The van der Waals surface area contributed by atoms with Crippen LogP contribution in [-0.2, 0) is 38.1 Å². The molecule has 45 heavy (non-hydrogen) atoms. The highest BCUT2D eigenvalue weighted by Gasteiger charge is 2.17. The molecule has 1 aliphatic rings. The summed E-state index contributed by atoms with van der Waals surface area (Å²) in [5, 5.41) is 13.0. The summed E-state index contributed by atoms with van der Waals surface area (Å²) in [7, 11) is 6.54. The summed E-state index contributed by atoms with van der Waals surface area (Å²) in [6, 6.07) is 0. The predicted molar refractivity (Wildman–Crippen MR) is 184 cm³/mol. The highest BCUT2D eigenvalue weighted by atomic mass is 32.2. The standard InChI is InChI=1S/C17H31NO6.C5H8O2S.C4H12N2.C2H6.CH6N2.CH4O/c19-7-1-8-21-10-12-23-14-15-24-13-11-22-9-6-18-4-2-17(16-20)3-5-18;6-2-1-4-8-5-3-7;1-5-3-4-6-2;1-2;1-3-2;1-2/h7,16-17H,1-6,8-15H2;2-3H,1,4-5H2;5-6H,3-4H2,1-2H3;1-2H3;3H,2H2,1H3;2H,1H3. The molecule has 0 aromatic heterocycles. The number of aldehydes is 4. The van der Waals surface area contributed by atoms with E-state index in [2.05, 4.69) is 26.8 Å². The Morgan fingerprint density at radius 1 is 0.733 bits per heavy atom. The predicted octanol–water partition coefficient (Wildman–Crippen LogP) is 0.200. The van der Waals surface area contributed by atoms with Gasteiger partial charge in [0.05, 0.1) is 52.9 Å². The number of carbonyl (C=O) groups is 4. The number of aliphatic hydroxyl groups excluding tert-OH is 1. The highest BCUT2D eigenvalue weighted by Crippen LogP contribution is 2.14. The van der Waals surface area contributed by atoms with Crippen molar-refractivity contribution in [3.8, 4) is 0 Å². The number of aliphatic hydroxyl groups is 1. The van der Waals surface area contributed by atoms with Crippen LogP contribution in [0.4, 0.5) is 0 Å². The first-order valence-corrected chi connectivity index (χ1v) is 16.8. The van der Waals surface area contributed by atoms with Crippen molar-refractivity contribution in [2.75, 3.05) is 125 Å². The Kier molecular flexibility index (Phi) is 68.7. The third-order valence-corrected chi connectivity index (χ3v) is 5.96. The van der Waals surface area contributed by atoms with Crippen molar-refractivity contribution < 1.29 is 43.2 Å².